The number of amides is 3. The van der Waals surface area contributed by atoms with Crippen LogP contribution in [0.3, 0.4) is 0 Å². The lowest BCUT2D eigenvalue weighted by Gasteiger charge is -2.46. The summed E-state index contributed by atoms with van der Waals surface area (Å²) in [5, 5.41) is 3.05. The van der Waals surface area contributed by atoms with Gasteiger partial charge < -0.3 is 24.3 Å². The van der Waals surface area contributed by atoms with Crippen LogP contribution in [0.2, 0.25) is 0 Å². The van der Waals surface area contributed by atoms with Crippen molar-refractivity contribution in [3.05, 3.63) is 53.2 Å². The highest BCUT2D eigenvalue weighted by molar-refractivity contribution is 6.00. The van der Waals surface area contributed by atoms with Crippen molar-refractivity contribution in [1.29, 1.82) is 0 Å². The number of benzene rings is 1. The van der Waals surface area contributed by atoms with Crippen LogP contribution in [-0.4, -0.2) is 70.9 Å². The van der Waals surface area contributed by atoms with Gasteiger partial charge in [0.2, 0.25) is 11.8 Å². The molecule has 1 aliphatic carbocycles. The van der Waals surface area contributed by atoms with Gasteiger partial charge in [-0.05, 0) is 35.8 Å². The number of morpholine rings is 1. The maximum Gasteiger partial charge on any atom is 0.251 e. The van der Waals surface area contributed by atoms with Gasteiger partial charge in [-0.25, -0.2) is 4.98 Å². The first kappa shape index (κ1) is 24.5. The lowest BCUT2D eigenvalue weighted by molar-refractivity contribution is -0.163. The molecule has 5 rings (SSSR count). The van der Waals surface area contributed by atoms with Crippen LogP contribution < -0.4 is 5.32 Å². The Bertz CT molecular complexity index is 1120. The average molecular weight is 495 g/mol. The second-order valence-electron chi connectivity index (χ2n) is 10.1. The number of fused-ring (bicyclic) bond motifs is 1. The van der Waals surface area contributed by atoms with E-state index in [0.717, 1.165) is 0 Å². The number of nitrogens with zero attached hydrogens (tertiary/aromatic N) is 3. The Morgan fingerprint density at radius 1 is 1.17 bits per heavy atom. The molecule has 36 heavy (non-hydrogen) atoms. The molecule has 2 aliphatic heterocycles. The molecule has 3 aliphatic rings. The Balaban J connectivity index is 1.54. The Morgan fingerprint density at radius 3 is 2.42 bits per heavy atom. The standard InChI is InChI=1S/C27H34N4O5/c1-4-16(2)23-25(32)29-22(20-13-18-7-5-6-8-19(18)14-20)26(33)31(23)24(21-15-36-17(3)28-21)27(34)30-9-11-35-12-10-30/h5-8,15-16,20,22-24H,4,9-14H2,1-3H3,(H,29,32)/t16-,22?,23?,24+/m0/s1. The van der Waals surface area contributed by atoms with E-state index >= 15 is 0 Å². The molecule has 2 unspecified atom stereocenters. The Labute approximate surface area is 211 Å². The molecule has 3 amide bonds. The van der Waals surface area contributed by atoms with Crippen LogP contribution in [0.5, 0.6) is 0 Å². The number of piperazine rings is 1. The molecule has 9 nitrogen and oxygen atoms in total. The monoisotopic (exact) mass is 494 g/mol. The fourth-order valence-electron chi connectivity index (χ4n) is 5.77. The molecule has 2 aromatic rings. The van der Waals surface area contributed by atoms with E-state index in [1.54, 1.807) is 11.8 Å². The number of carbonyl (C=O) groups is 3. The molecule has 1 N–H and O–H groups in total. The molecule has 0 bridgehead atoms. The molecule has 3 heterocycles. The molecule has 0 saturated carbocycles. The Morgan fingerprint density at radius 2 is 1.83 bits per heavy atom. The second kappa shape index (κ2) is 10.0. The maximum absolute atomic E-state index is 14.3. The number of ether oxygens (including phenoxy) is 1. The molecule has 0 spiro atoms. The van der Waals surface area contributed by atoms with Gasteiger partial charge in [0, 0.05) is 20.0 Å². The molecule has 192 valence electrons. The van der Waals surface area contributed by atoms with E-state index in [1.165, 1.54) is 22.3 Å². The smallest absolute Gasteiger partial charge is 0.251 e. The number of carbonyl (C=O) groups excluding carboxylic acids is 3. The predicted octanol–water partition coefficient (Wildman–Crippen LogP) is 2.04. The van der Waals surface area contributed by atoms with Gasteiger partial charge in [0.15, 0.2) is 11.9 Å². The minimum atomic E-state index is -1.04. The quantitative estimate of drug-likeness (QED) is 0.659. The highest BCUT2D eigenvalue weighted by Gasteiger charge is 2.52. The number of rotatable bonds is 6. The fourth-order valence-corrected chi connectivity index (χ4v) is 5.77. The highest BCUT2D eigenvalue weighted by Crippen LogP contribution is 2.36. The first-order chi connectivity index (χ1) is 17.4. The van der Waals surface area contributed by atoms with Gasteiger partial charge in [0.1, 0.15) is 24.0 Å². The SMILES string of the molecule is CC[C@H](C)C1C(=O)NC(C2Cc3ccccc3C2)C(=O)N1[C@@H](C(=O)N1CCOCC1)c1coc(C)n1. The second-order valence-corrected chi connectivity index (χ2v) is 10.1. The van der Waals surface area contributed by atoms with Crippen LogP contribution in [-0.2, 0) is 32.0 Å². The Hall–Kier alpha value is -3.20. The third-order valence-electron chi connectivity index (χ3n) is 7.88. The lowest BCUT2D eigenvalue weighted by Crippen LogP contribution is -2.68. The molecule has 9 heteroatoms. The number of oxazole rings is 1. The summed E-state index contributed by atoms with van der Waals surface area (Å²) in [5.41, 5.74) is 2.76. The summed E-state index contributed by atoms with van der Waals surface area (Å²) in [6.45, 7) is 7.35. The van der Waals surface area contributed by atoms with E-state index in [0.29, 0.717) is 57.2 Å². The zero-order valence-corrected chi connectivity index (χ0v) is 21.1. The summed E-state index contributed by atoms with van der Waals surface area (Å²) in [5.74, 6) is -0.520. The van der Waals surface area contributed by atoms with Crippen LogP contribution in [0, 0.1) is 18.8 Å². The normalized spacial score (nSPS) is 24.4. The van der Waals surface area contributed by atoms with Crippen LogP contribution in [0.15, 0.2) is 34.9 Å². The van der Waals surface area contributed by atoms with Gasteiger partial charge in [-0.3, -0.25) is 14.4 Å². The zero-order chi connectivity index (χ0) is 25.4. The van der Waals surface area contributed by atoms with E-state index in [4.69, 9.17) is 9.15 Å². The van der Waals surface area contributed by atoms with Crippen molar-refractivity contribution in [2.45, 2.75) is 58.2 Å². The van der Waals surface area contributed by atoms with Crippen molar-refractivity contribution in [2.24, 2.45) is 11.8 Å². The molecular formula is C27H34N4O5. The summed E-state index contributed by atoms with van der Waals surface area (Å²) < 4.78 is 10.9. The number of aryl methyl sites for hydroxylation is 1. The first-order valence-electron chi connectivity index (χ1n) is 12.9. The molecule has 2 saturated heterocycles. The van der Waals surface area contributed by atoms with Crippen molar-refractivity contribution in [3.8, 4) is 0 Å². The largest absolute Gasteiger partial charge is 0.449 e. The average Bonchev–Trinajstić information content (AvgIpc) is 3.52. The van der Waals surface area contributed by atoms with Gasteiger partial charge in [-0.1, -0.05) is 44.5 Å². The number of nitrogens with one attached hydrogen (secondary N) is 1. The van der Waals surface area contributed by atoms with Crippen LogP contribution in [0.1, 0.15) is 49.0 Å². The van der Waals surface area contributed by atoms with E-state index in [2.05, 4.69) is 22.4 Å². The predicted molar refractivity (Wildman–Crippen MR) is 131 cm³/mol. The number of hydrogen-bond acceptors (Lipinski definition) is 6. The fraction of sp³-hybridized carbons (Fsp3) is 0.556. The van der Waals surface area contributed by atoms with Crippen molar-refractivity contribution in [2.75, 3.05) is 26.3 Å². The molecule has 1 aromatic carbocycles. The number of aromatic nitrogens is 1. The van der Waals surface area contributed by atoms with Crippen molar-refractivity contribution >= 4 is 17.7 Å². The summed E-state index contributed by atoms with van der Waals surface area (Å²) in [7, 11) is 0. The topological polar surface area (TPSA) is 105 Å². The van der Waals surface area contributed by atoms with Crippen molar-refractivity contribution in [1.82, 2.24) is 20.1 Å². The van der Waals surface area contributed by atoms with Gasteiger partial charge >= 0.3 is 0 Å². The van der Waals surface area contributed by atoms with Crippen LogP contribution in [0.25, 0.3) is 0 Å². The lowest BCUT2D eigenvalue weighted by atomic mass is 9.86. The first-order valence-corrected chi connectivity index (χ1v) is 12.9. The van der Waals surface area contributed by atoms with Gasteiger partial charge in [-0.2, -0.15) is 0 Å². The van der Waals surface area contributed by atoms with Crippen molar-refractivity contribution in [3.63, 3.8) is 0 Å². The van der Waals surface area contributed by atoms with Crippen LogP contribution in [0.4, 0.5) is 0 Å². The third-order valence-corrected chi connectivity index (χ3v) is 7.88. The highest BCUT2D eigenvalue weighted by atomic mass is 16.5. The summed E-state index contributed by atoms with van der Waals surface area (Å²) in [6.07, 6.45) is 3.53. The van der Waals surface area contributed by atoms with E-state index in [1.807, 2.05) is 26.0 Å². The molecular weight excluding hydrogens is 460 g/mol. The Kier molecular flexibility index (Phi) is 6.83. The molecule has 0 radical (unpaired) electrons. The zero-order valence-electron chi connectivity index (χ0n) is 21.1. The van der Waals surface area contributed by atoms with E-state index in [-0.39, 0.29) is 29.6 Å². The molecule has 1 aromatic heterocycles. The van der Waals surface area contributed by atoms with Crippen LogP contribution >= 0.6 is 0 Å². The minimum Gasteiger partial charge on any atom is -0.449 e. The summed E-state index contributed by atoms with van der Waals surface area (Å²) >= 11 is 0. The summed E-state index contributed by atoms with van der Waals surface area (Å²) in [6, 6.07) is 5.62. The third kappa shape index (κ3) is 4.40. The number of hydrogen-bond donors (Lipinski definition) is 1. The maximum atomic E-state index is 14.3. The summed E-state index contributed by atoms with van der Waals surface area (Å²) in [4.78, 5) is 49.6. The minimum absolute atomic E-state index is 0.0718. The van der Waals surface area contributed by atoms with E-state index in [9.17, 15) is 14.4 Å². The van der Waals surface area contributed by atoms with Crippen molar-refractivity contribution < 1.29 is 23.5 Å². The van der Waals surface area contributed by atoms with Gasteiger partial charge in [0.05, 0.1) is 13.2 Å². The molecule has 2 fully saturated rings. The van der Waals surface area contributed by atoms with Gasteiger partial charge in [-0.15, -0.1) is 0 Å². The molecule has 4 atom stereocenters. The van der Waals surface area contributed by atoms with E-state index < -0.39 is 18.1 Å². The van der Waals surface area contributed by atoms with Gasteiger partial charge in [0.25, 0.3) is 5.91 Å².